The van der Waals surface area contributed by atoms with E-state index in [4.69, 9.17) is 9.72 Å². The normalized spacial score (nSPS) is 12.5. The van der Waals surface area contributed by atoms with Crippen LogP contribution in [0.1, 0.15) is 28.4 Å². The first kappa shape index (κ1) is 24.6. The third kappa shape index (κ3) is 6.77. The fourth-order valence-electron chi connectivity index (χ4n) is 3.68. The molecule has 0 aliphatic heterocycles. The Bertz CT molecular complexity index is 1240. The quantitative estimate of drug-likeness (QED) is 0.313. The van der Waals surface area contributed by atoms with Crippen molar-refractivity contribution in [2.45, 2.75) is 31.8 Å². The topological polar surface area (TPSA) is 80.3 Å². The van der Waals surface area contributed by atoms with E-state index in [0.717, 1.165) is 26.7 Å². The van der Waals surface area contributed by atoms with Crippen LogP contribution in [0.15, 0.2) is 77.5 Å². The van der Waals surface area contributed by atoms with Gasteiger partial charge < -0.3 is 15.4 Å². The Hall–Kier alpha value is -3.49. The second-order valence-corrected chi connectivity index (χ2v) is 9.99. The van der Waals surface area contributed by atoms with Gasteiger partial charge in [0.15, 0.2) is 0 Å². The van der Waals surface area contributed by atoms with Crippen molar-refractivity contribution < 1.29 is 14.3 Å². The number of nitrogens with one attached hydrogen (secondary N) is 2. The summed E-state index contributed by atoms with van der Waals surface area (Å²) in [5.41, 5.74) is 4.00. The minimum atomic E-state index is -0.791. The maximum Gasteiger partial charge on any atom is 0.407 e. The summed E-state index contributed by atoms with van der Waals surface area (Å²) in [6.07, 6.45) is 0.275. The van der Waals surface area contributed by atoms with Gasteiger partial charge in [0.05, 0.1) is 23.7 Å². The van der Waals surface area contributed by atoms with Gasteiger partial charge in [-0.3, -0.25) is 4.79 Å². The lowest BCUT2D eigenvalue weighted by Crippen LogP contribution is -2.49. The minimum Gasteiger partial charge on any atom is -0.453 e. The van der Waals surface area contributed by atoms with Gasteiger partial charge in [-0.15, -0.1) is 22.7 Å². The molecule has 2 aromatic carbocycles. The highest BCUT2D eigenvalue weighted by molar-refractivity contribution is 7.20. The smallest absolute Gasteiger partial charge is 0.407 e. The summed E-state index contributed by atoms with van der Waals surface area (Å²) < 4.78 is 4.77. The van der Waals surface area contributed by atoms with Crippen molar-refractivity contribution in [3.8, 4) is 9.88 Å². The number of rotatable bonds is 9. The number of alkyl carbamates (subject to hydrolysis) is 1. The second kappa shape index (κ2) is 11.8. The summed E-state index contributed by atoms with van der Waals surface area (Å²) in [6, 6.07) is 20.7. The number of ether oxygens (including phenoxy) is 1. The molecule has 35 heavy (non-hydrogen) atoms. The van der Waals surface area contributed by atoms with Crippen molar-refractivity contribution in [1.29, 1.82) is 0 Å². The number of benzene rings is 2. The van der Waals surface area contributed by atoms with Crippen LogP contribution in [0.2, 0.25) is 0 Å². The number of carbonyl (C=O) groups excluding carboxylic acids is 2. The van der Waals surface area contributed by atoms with Crippen molar-refractivity contribution >= 4 is 34.7 Å². The SMILES string of the molecule is COC(=O)N[C@@H](Cc1ccccc1)C(=O)N[C@@H](Cc1ccc(C)cc1)c1csc(-c2cccs2)n1. The standard InChI is InChI=1S/C27H27N3O3S2/c1-18-10-12-20(13-11-18)15-21(23-17-35-26(29-23)24-9-6-14-34-24)28-25(31)22(30-27(32)33-2)16-19-7-4-3-5-8-19/h3-14,17,21-22H,15-16H2,1-2H3,(H,28,31)(H,30,32)/t21-,22-/m0/s1. The van der Waals surface area contributed by atoms with Crippen LogP contribution in [0, 0.1) is 6.92 Å². The molecule has 4 aromatic rings. The fourth-order valence-corrected chi connectivity index (χ4v) is 5.37. The zero-order valence-corrected chi connectivity index (χ0v) is 21.2. The van der Waals surface area contributed by atoms with Crippen LogP contribution in [0.5, 0.6) is 0 Å². The predicted octanol–water partition coefficient (Wildman–Crippen LogP) is 5.55. The monoisotopic (exact) mass is 505 g/mol. The van der Waals surface area contributed by atoms with Gasteiger partial charge in [0, 0.05) is 11.8 Å². The molecule has 0 aliphatic carbocycles. The van der Waals surface area contributed by atoms with Crippen molar-refractivity contribution in [1.82, 2.24) is 15.6 Å². The van der Waals surface area contributed by atoms with E-state index in [0.29, 0.717) is 12.8 Å². The lowest BCUT2D eigenvalue weighted by atomic mass is 10.0. The van der Waals surface area contributed by atoms with Gasteiger partial charge in [0.1, 0.15) is 11.0 Å². The van der Waals surface area contributed by atoms with Crippen LogP contribution >= 0.6 is 22.7 Å². The van der Waals surface area contributed by atoms with Crippen LogP contribution in [-0.4, -0.2) is 30.1 Å². The number of carbonyl (C=O) groups is 2. The molecule has 0 radical (unpaired) electrons. The molecule has 8 heteroatoms. The molecular formula is C27H27N3O3S2. The number of aryl methyl sites for hydroxylation is 1. The molecule has 4 rings (SSSR count). The summed E-state index contributed by atoms with van der Waals surface area (Å²) in [5, 5.41) is 10.8. The van der Waals surface area contributed by atoms with Gasteiger partial charge >= 0.3 is 6.09 Å². The minimum absolute atomic E-state index is 0.290. The molecule has 2 amide bonds. The molecular weight excluding hydrogens is 478 g/mol. The number of hydrogen-bond donors (Lipinski definition) is 2. The zero-order valence-electron chi connectivity index (χ0n) is 19.6. The van der Waals surface area contributed by atoms with Gasteiger partial charge in [0.25, 0.3) is 0 Å². The molecule has 2 atom stereocenters. The van der Waals surface area contributed by atoms with E-state index < -0.39 is 12.1 Å². The fraction of sp³-hybridized carbons (Fsp3) is 0.222. The van der Waals surface area contributed by atoms with E-state index in [1.807, 2.05) is 60.1 Å². The molecule has 0 saturated carbocycles. The van der Waals surface area contributed by atoms with Crippen LogP contribution in [0.4, 0.5) is 4.79 Å². The molecule has 0 bridgehead atoms. The molecule has 180 valence electrons. The first-order valence-electron chi connectivity index (χ1n) is 11.3. The highest BCUT2D eigenvalue weighted by atomic mass is 32.1. The summed E-state index contributed by atoms with van der Waals surface area (Å²) in [5.74, 6) is -0.290. The van der Waals surface area contributed by atoms with Crippen LogP contribution < -0.4 is 10.6 Å². The van der Waals surface area contributed by atoms with Gasteiger partial charge in [-0.05, 0) is 35.9 Å². The zero-order chi connectivity index (χ0) is 24.6. The molecule has 2 aromatic heterocycles. The highest BCUT2D eigenvalue weighted by Gasteiger charge is 2.26. The molecule has 0 saturated heterocycles. The summed E-state index contributed by atoms with van der Waals surface area (Å²) in [7, 11) is 1.29. The lowest BCUT2D eigenvalue weighted by Gasteiger charge is -2.23. The molecule has 6 nitrogen and oxygen atoms in total. The first-order valence-corrected chi connectivity index (χ1v) is 13.0. The largest absolute Gasteiger partial charge is 0.453 e. The first-order chi connectivity index (χ1) is 17.0. The Morgan fingerprint density at radius 1 is 0.914 bits per heavy atom. The van der Waals surface area contributed by atoms with E-state index in [1.165, 1.54) is 12.7 Å². The number of thiophene rings is 1. The van der Waals surface area contributed by atoms with E-state index >= 15 is 0 Å². The number of amides is 2. The van der Waals surface area contributed by atoms with E-state index in [-0.39, 0.29) is 11.9 Å². The van der Waals surface area contributed by atoms with Crippen LogP contribution in [0.3, 0.4) is 0 Å². The van der Waals surface area contributed by atoms with Gasteiger partial charge in [-0.1, -0.05) is 66.2 Å². The lowest BCUT2D eigenvalue weighted by molar-refractivity contribution is -0.123. The van der Waals surface area contributed by atoms with Crippen molar-refractivity contribution in [3.63, 3.8) is 0 Å². The summed E-state index contributed by atoms with van der Waals surface area (Å²) >= 11 is 3.19. The summed E-state index contributed by atoms with van der Waals surface area (Å²) in [4.78, 5) is 31.4. The van der Waals surface area contributed by atoms with Crippen molar-refractivity contribution in [2.75, 3.05) is 7.11 Å². The number of thiazole rings is 1. The average Bonchev–Trinajstić information content (AvgIpc) is 3.57. The third-order valence-electron chi connectivity index (χ3n) is 5.56. The Balaban J connectivity index is 1.59. The van der Waals surface area contributed by atoms with E-state index in [1.54, 1.807) is 22.7 Å². The van der Waals surface area contributed by atoms with E-state index in [9.17, 15) is 9.59 Å². The average molecular weight is 506 g/mol. The number of hydrogen-bond acceptors (Lipinski definition) is 6. The predicted molar refractivity (Wildman–Crippen MR) is 141 cm³/mol. The number of methoxy groups -OCH3 is 1. The second-order valence-electron chi connectivity index (χ2n) is 8.18. The Labute approximate surface area is 213 Å². The Kier molecular flexibility index (Phi) is 8.28. The highest BCUT2D eigenvalue weighted by Crippen LogP contribution is 2.30. The van der Waals surface area contributed by atoms with Crippen LogP contribution in [0.25, 0.3) is 9.88 Å². The van der Waals surface area contributed by atoms with Crippen molar-refractivity contribution in [3.05, 3.63) is 99.9 Å². The molecule has 0 unspecified atom stereocenters. The molecule has 0 fully saturated rings. The van der Waals surface area contributed by atoms with Gasteiger partial charge in [-0.2, -0.15) is 0 Å². The maximum absolute atomic E-state index is 13.5. The maximum atomic E-state index is 13.5. The number of nitrogens with zero attached hydrogens (tertiary/aromatic N) is 1. The molecule has 0 aliphatic rings. The summed E-state index contributed by atoms with van der Waals surface area (Å²) in [6.45, 7) is 2.05. The molecule has 2 N–H and O–H groups in total. The van der Waals surface area contributed by atoms with Gasteiger partial charge in [-0.25, -0.2) is 9.78 Å². The third-order valence-corrected chi connectivity index (χ3v) is 7.46. The Morgan fingerprint density at radius 3 is 2.34 bits per heavy atom. The molecule has 0 spiro atoms. The number of aromatic nitrogens is 1. The van der Waals surface area contributed by atoms with Crippen LogP contribution in [-0.2, 0) is 22.4 Å². The van der Waals surface area contributed by atoms with Gasteiger partial charge in [0.2, 0.25) is 5.91 Å². The van der Waals surface area contributed by atoms with Crippen molar-refractivity contribution in [2.24, 2.45) is 0 Å². The Morgan fingerprint density at radius 2 is 1.66 bits per heavy atom. The molecule has 2 heterocycles. The van der Waals surface area contributed by atoms with E-state index in [2.05, 4.69) is 34.9 Å².